The van der Waals surface area contributed by atoms with Crippen molar-refractivity contribution in [3.8, 4) is 0 Å². The molecule has 1 N–H and O–H groups in total. The zero-order valence-corrected chi connectivity index (χ0v) is 12.5. The molecule has 2 atom stereocenters. The fourth-order valence-electron chi connectivity index (χ4n) is 3.21. The molecule has 1 fully saturated rings. The molecule has 0 radical (unpaired) electrons. The lowest BCUT2D eigenvalue weighted by molar-refractivity contribution is 0.422. The number of aryl methyl sites for hydroxylation is 1. The van der Waals surface area contributed by atoms with Crippen molar-refractivity contribution in [2.45, 2.75) is 64.8 Å². The van der Waals surface area contributed by atoms with Gasteiger partial charge in [0.2, 0.25) is 0 Å². The number of hydrogen-bond donors (Lipinski definition) is 1. The van der Waals surface area contributed by atoms with Gasteiger partial charge in [-0.05, 0) is 43.7 Å². The van der Waals surface area contributed by atoms with Crippen LogP contribution in [0.2, 0.25) is 0 Å². The first kappa shape index (κ1) is 15.3. The summed E-state index contributed by atoms with van der Waals surface area (Å²) < 4.78 is 27.8. The molecule has 20 heavy (non-hydrogen) atoms. The van der Waals surface area contributed by atoms with E-state index < -0.39 is 11.6 Å². The van der Waals surface area contributed by atoms with Crippen LogP contribution in [0.25, 0.3) is 0 Å². The lowest BCUT2D eigenvalue weighted by Crippen LogP contribution is -2.20. The molecule has 3 heteroatoms. The largest absolute Gasteiger partial charge is 0.378 e. The van der Waals surface area contributed by atoms with Crippen molar-refractivity contribution in [3.05, 3.63) is 29.3 Å². The molecule has 1 aliphatic carbocycles. The Morgan fingerprint density at radius 3 is 2.70 bits per heavy atom. The smallest absolute Gasteiger partial charge is 0.152 e. The van der Waals surface area contributed by atoms with E-state index in [9.17, 15) is 8.78 Å². The van der Waals surface area contributed by atoms with Crippen molar-refractivity contribution >= 4 is 5.69 Å². The monoisotopic (exact) mass is 281 g/mol. The summed E-state index contributed by atoms with van der Waals surface area (Å²) in [6, 6.07) is 3.03. The third-order valence-corrected chi connectivity index (χ3v) is 4.42. The van der Waals surface area contributed by atoms with E-state index in [-0.39, 0.29) is 11.7 Å². The molecule has 1 aliphatic rings. The van der Waals surface area contributed by atoms with Gasteiger partial charge in [0.25, 0.3) is 0 Å². The van der Waals surface area contributed by atoms with Crippen LogP contribution in [0.5, 0.6) is 0 Å². The summed E-state index contributed by atoms with van der Waals surface area (Å²) in [6.07, 6.45) is 8.09. The van der Waals surface area contributed by atoms with Gasteiger partial charge in [0, 0.05) is 6.04 Å². The maximum atomic E-state index is 14.0. The van der Waals surface area contributed by atoms with Crippen LogP contribution in [0.15, 0.2) is 12.1 Å². The van der Waals surface area contributed by atoms with Gasteiger partial charge in [0.15, 0.2) is 5.82 Å². The Morgan fingerprint density at radius 2 is 1.95 bits per heavy atom. The minimum Gasteiger partial charge on any atom is -0.378 e. The van der Waals surface area contributed by atoms with Gasteiger partial charge in [-0.25, -0.2) is 8.78 Å². The predicted molar refractivity (Wildman–Crippen MR) is 80.0 cm³/mol. The molecular weight excluding hydrogens is 256 g/mol. The second-order valence-corrected chi connectivity index (χ2v) is 6.06. The number of nitrogens with one attached hydrogen (secondary N) is 1. The Kier molecular flexibility index (Phi) is 5.38. The van der Waals surface area contributed by atoms with E-state index in [1.165, 1.54) is 37.8 Å². The Labute approximate surface area is 120 Å². The third kappa shape index (κ3) is 3.71. The van der Waals surface area contributed by atoms with Crippen LogP contribution in [0.4, 0.5) is 14.5 Å². The molecule has 1 aromatic rings. The van der Waals surface area contributed by atoms with E-state index in [4.69, 9.17) is 0 Å². The Balaban J connectivity index is 2.02. The second-order valence-electron chi connectivity index (χ2n) is 6.06. The van der Waals surface area contributed by atoms with E-state index in [1.54, 1.807) is 6.92 Å². The normalized spacial score (nSPS) is 23.4. The molecule has 0 bridgehead atoms. The molecule has 2 rings (SSSR count). The van der Waals surface area contributed by atoms with Crippen LogP contribution in [-0.2, 0) is 0 Å². The standard InChI is InChI=1S/C17H25F2N/c1-3-5-13-6-4-7-14(10-9-13)20-17-15(18)11-8-12(2)16(17)19/h8,11,13-14,20H,3-7,9-10H2,1-2H3. The predicted octanol–water partition coefficient (Wildman–Crippen LogP) is 5.43. The van der Waals surface area contributed by atoms with Crippen molar-refractivity contribution < 1.29 is 8.78 Å². The topological polar surface area (TPSA) is 12.0 Å². The highest BCUT2D eigenvalue weighted by atomic mass is 19.1. The van der Waals surface area contributed by atoms with Gasteiger partial charge in [-0.15, -0.1) is 0 Å². The van der Waals surface area contributed by atoms with E-state index in [1.807, 2.05) is 0 Å². The molecule has 112 valence electrons. The van der Waals surface area contributed by atoms with Crippen LogP contribution in [0.3, 0.4) is 0 Å². The third-order valence-electron chi connectivity index (χ3n) is 4.42. The summed E-state index contributed by atoms with van der Waals surface area (Å²) in [5, 5.41) is 3.11. The molecule has 0 heterocycles. The van der Waals surface area contributed by atoms with Gasteiger partial charge >= 0.3 is 0 Å². The maximum absolute atomic E-state index is 14.0. The molecular formula is C17H25F2N. The number of benzene rings is 1. The van der Waals surface area contributed by atoms with Crippen LogP contribution in [0.1, 0.15) is 57.4 Å². The minimum atomic E-state index is -0.484. The fraction of sp³-hybridized carbons (Fsp3) is 0.647. The first-order chi connectivity index (χ1) is 9.61. The van der Waals surface area contributed by atoms with Crippen molar-refractivity contribution in [3.63, 3.8) is 0 Å². The molecule has 1 aromatic carbocycles. The zero-order valence-electron chi connectivity index (χ0n) is 12.5. The van der Waals surface area contributed by atoms with Gasteiger partial charge in [-0.2, -0.15) is 0 Å². The highest BCUT2D eigenvalue weighted by Gasteiger charge is 2.21. The van der Waals surface area contributed by atoms with Gasteiger partial charge in [0.05, 0.1) is 0 Å². The molecule has 0 aromatic heterocycles. The zero-order chi connectivity index (χ0) is 14.5. The number of hydrogen-bond acceptors (Lipinski definition) is 1. The van der Waals surface area contributed by atoms with Gasteiger partial charge in [-0.1, -0.05) is 38.7 Å². The van der Waals surface area contributed by atoms with Crippen LogP contribution >= 0.6 is 0 Å². The van der Waals surface area contributed by atoms with Gasteiger partial charge < -0.3 is 5.32 Å². The van der Waals surface area contributed by atoms with Crippen molar-refractivity contribution in [2.75, 3.05) is 5.32 Å². The van der Waals surface area contributed by atoms with E-state index in [2.05, 4.69) is 12.2 Å². The maximum Gasteiger partial charge on any atom is 0.152 e. The Bertz CT molecular complexity index is 445. The summed E-state index contributed by atoms with van der Waals surface area (Å²) in [5.74, 6) is -0.138. The molecule has 1 saturated carbocycles. The highest BCUT2D eigenvalue weighted by molar-refractivity contribution is 5.49. The average molecular weight is 281 g/mol. The first-order valence-corrected chi connectivity index (χ1v) is 7.83. The van der Waals surface area contributed by atoms with Crippen molar-refractivity contribution in [1.29, 1.82) is 0 Å². The molecule has 0 saturated heterocycles. The van der Waals surface area contributed by atoms with Crippen LogP contribution in [-0.4, -0.2) is 6.04 Å². The summed E-state index contributed by atoms with van der Waals surface area (Å²) in [5.41, 5.74) is 0.551. The second kappa shape index (κ2) is 7.05. The number of anilines is 1. The summed E-state index contributed by atoms with van der Waals surface area (Å²) in [4.78, 5) is 0. The minimum absolute atomic E-state index is 0.0592. The SMILES string of the molecule is CCCC1CCCC(Nc2c(F)ccc(C)c2F)CC1. The van der Waals surface area contributed by atoms with Crippen molar-refractivity contribution in [1.82, 2.24) is 0 Å². The van der Waals surface area contributed by atoms with Gasteiger partial charge in [-0.3, -0.25) is 0 Å². The quantitative estimate of drug-likeness (QED) is 0.725. The lowest BCUT2D eigenvalue weighted by atomic mass is 9.95. The summed E-state index contributed by atoms with van der Waals surface area (Å²) >= 11 is 0. The van der Waals surface area contributed by atoms with Crippen LogP contribution < -0.4 is 5.32 Å². The van der Waals surface area contributed by atoms with Crippen molar-refractivity contribution in [2.24, 2.45) is 5.92 Å². The molecule has 1 nitrogen and oxygen atoms in total. The fourth-order valence-corrected chi connectivity index (χ4v) is 3.21. The number of halogens is 2. The summed E-state index contributed by atoms with van der Waals surface area (Å²) in [6.45, 7) is 3.89. The molecule has 2 unspecified atom stereocenters. The molecule has 0 aliphatic heterocycles. The Hall–Kier alpha value is -1.12. The summed E-state index contributed by atoms with van der Waals surface area (Å²) in [7, 11) is 0. The lowest BCUT2D eigenvalue weighted by Gasteiger charge is -2.19. The molecule has 0 amide bonds. The average Bonchev–Trinajstić information content (AvgIpc) is 2.65. The van der Waals surface area contributed by atoms with E-state index in [0.717, 1.165) is 25.2 Å². The van der Waals surface area contributed by atoms with Gasteiger partial charge in [0.1, 0.15) is 11.5 Å². The van der Waals surface area contributed by atoms with E-state index >= 15 is 0 Å². The first-order valence-electron chi connectivity index (χ1n) is 7.83. The molecule has 0 spiro atoms. The number of rotatable bonds is 4. The van der Waals surface area contributed by atoms with Crippen LogP contribution in [0, 0.1) is 24.5 Å². The Morgan fingerprint density at radius 1 is 1.15 bits per heavy atom. The van der Waals surface area contributed by atoms with E-state index in [0.29, 0.717) is 5.56 Å². The highest BCUT2D eigenvalue weighted by Crippen LogP contribution is 2.30.